The van der Waals surface area contributed by atoms with Gasteiger partial charge < -0.3 is 9.63 Å². The van der Waals surface area contributed by atoms with E-state index >= 15 is 0 Å². The fourth-order valence-corrected chi connectivity index (χ4v) is 2.06. The Labute approximate surface area is 108 Å². The number of carbonyl (C=O) groups is 1. The number of carboxylic acids is 1. The first-order valence-electron chi connectivity index (χ1n) is 5.40. The molecule has 0 aromatic carbocycles. The van der Waals surface area contributed by atoms with Crippen LogP contribution in [0.1, 0.15) is 12.2 Å². The number of rotatable bonds is 6. The Morgan fingerprint density at radius 3 is 3.11 bits per heavy atom. The van der Waals surface area contributed by atoms with Gasteiger partial charge in [-0.2, -0.15) is 16.3 Å². The maximum Gasteiger partial charge on any atom is 0.304 e. The van der Waals surface area contributed by atoms with Crippen LogP contribution in [-0.4, -0.2) is 39.7 Å². The molecule has 2 rings (SSSR count). The number of carboxylic acid groups (broad SMARTS) is 1. The number of hydrogen-bond donors (Lipinski definition) is 1. The van der Waals surface area contributed by atoms with Crippen molar-refractivity contribution in [3.05, 3.63) is 22.7 Å². The van der Waals surface area contributed by atoms with Crippen LogP contribution in [0.3, 0.4) is 0 Å². The minimum Gasteiger partial charge on any atom is -0.481 e. The minimum absolute atomic E-state index is 0.103. The van der Waals surface area contributed by atoms with Gasteiger partial charge in [0.25, 0.3) is 5.89 Å². The normalized spacial score (nSPS) is 11.0. The molecule has 2 aromatic heterocycles. The van der Waals surface area contributed by atoms with Crippen molar-refractivity contribution in [2.24, 2.45) is 0 Å². The van der Waals surface area contributed by atoms with E-state index in [0.29, 0.717) is 24.8 Å². The van der Waals surface area contributed by atoms with E-state index in [4.69, 9.17) is 9.63 Å². The predicted molar refractivity (Wildman–Crippen MR) is 66.2 cm³/mol. The summed E-state index contributed by atoms with van der Waals surface area (Å²) in [7, 11) is 1.82. The van der Waals surface area contributed by atoms with Crippen LogP contribution in [0, 0.1) is 0 Å². The number of thiophene rings is 1. The molecule has 0 bridgehead atoms. The molecule has 0 aliphatic rings. The highest BCUT2D eigenvalue weighted by Crippen LogP contribution is 2.19. The second-order valence-corrected chi connectivity index (χ2v) is 4.69. The molecular weight excluding hydrogens is 254 g/mol. The van der Waals surface area contributed by atoms with Crippen molar-refractivity contribution in [2.75, 3.05) is 13.6 Å². The lowest BCUT2D eigenvalue weighted by Gasteiger charge is -2.11. The van der Waals surface area contributed by atoms with Gasteiger partial charge >= 0.3 is 5.97 Å². The topological polar surface area (TPSA) is 79.5 Å². The van der Waals surface area contributed by atoms with Crippen LogP contribution in [0.25, 0.3) is 11.5 Å². The standard InChI is InChI=1S/C11H13N3O3S/c1-14(4-2-10(15)16)6-9-12-11(17-13-9)8-3-5-18-7-8/h3,5,7H,2,4,6H2,1H3,(H,15,16). The summed E-state index contributed by atoms with van der Waals surface area (Å²) in [5.41, 5.74) is 0.909. The fourth-order valence-electron chi connectivity index (χ4n) is 1.43. The number of nitrogens with zero attached hydrogens (tertiary/aromatic N) is 3. The van der Waals surface area contributed by atoms with Crippen LogP contribution in [-0.2, 0) is 11.3 Å². The molecule has 2 heterocycles. The highest BCUT2D eigenvalue weighted by molar-refractivity contribution is 7.08. The summed E-state index contributed by atoms with van der Waals surface area (Å²) in [4.78, 5) is 16.5. The van der Waals surface area contributed by atoms with Gasteiger partial charge in [0.15, 0.2) is 5.82 Å². The maximum atomic E-state index is 10.4. The van der Waals surface area contributed by atoms with Gasteiger partial charge in [0.2, 0.25) is 0 Å². The second-order valence-electron chi connectivity index (χ2n) is 3.91. The van der Waals surface area contributed by atoms with E-state index < -0.39 is 5.97 Å². The first kappa shape index (κ1) is 12.7. The zero-order valence-electron chi connectivity index (χ0n) is 9.87. The Balaban J connectivity index is 1.92. The van der Waals surface area contributed by atoms with Crippen LogP contribution in [0.4, 0.5) is 0 Å². The lowest BCUT2D eigenvalue weighted by Crippen LogP contribution is -2.21. The van der Waals surface area contributed by atoms with E-state index in [1.807, 2.05) is 28.8 Å². The van der Waals surface area contributed by atoms with E-state index in [-0.39, 0.29) is 6.42 Å². The van der Waals surface area contributed by atoms with Gasteiger partial charge in [0.05, 0.1) is 18.5 Å². The first-order chi connectivity index (χ1) is 8.65. The van der Waals surface area contributed by atoms with Gasteiger partial charge in [-0.25, -0.2) is 0 Å². The Hall–Kier alpha value is -1.73. The molecule has 0 radical (unpaired) electrons. The van der Waals surface area contributed by atoms with Crippen molar-refractivity contribution in [2.45, 2.75) is 13.0 Å². The summed E-state index contributed by atoms with van der Waals surface area (Å²) < 4.78 is 5.14. The van der Waals surface area contributed by atoms with Crippen LogP contribution in [0.5, 0.6) is 0 Å². The van der Waals surface area contributed by atoms with E-state index in [0.717, 1.165) is 5.56 Å². The van der Waals surface area contributed by atoms with E-state index in [1.54, 1.807) is 11.3 Å². The molecule has 2 aromatic rings. The molecule has 0 saturated heterocycles. The Morgan fingerprint density at radius 1 is 1.61 bits per heavy atom. The average Bonchev–Trinajstić information content (AvgIpc) is 2.95. The van der Waals surface area contributed by atoms with Crippen LogP contribution < -0.4 is 0 Å². The highest BCUT2D eigenvalue weighted by Gasteiger charge is 2.11. The molecule has 1 N–H and O–H groups in total. The Morgan fingerprint density at radius 2 is 2.44 bits per heavy atom. The van der Waals surface area contributed by atoms with Gasteiger partial charge in [0.1, 0.15) is 0 Å². The third kappa shape index (κ3) is 3.38. The molecule has 0 aliphatic heterocycles. The molecule has 0 saturated carbocycles. The van der Waals surface area contributed by atoms with Crippen molar-refractivity contribution in [1.82, 2.24) is 15.0 Å². The quantitative estimate of drug-likeness (QED) is 0.858. The third-order valence-electron chi connectivity index (χ3n) is 2.35. The SMILES string of the molecule is CN(CCC(=O)O)Cc1noc(-c2ccsc2)n1. The molecule has 0 aliphatic carbocycles. The van der Waals surface area contributed by atoms with Gasteiger partial charge in [-0.3, -0.25) is 9.69 Å². The second kappa shape index (κ2) is 5.74. The fraction of sp³-hybridized carbons (Fsp3) is 0.364. The molecule has 0 fully saturated rings. The molecule has 6 nitrogen and oxygen atoms in total. The van der Waals surface area contributed by atoms with Crippen molar-refractivity contribution >= 4 is 17.3 Å². The average molecular weight is 267 g/mol. The molecular formula is C11H13N3O3S. The number of aromatic nitrogens is 2. The van der Waals surface area contributed by atoms with Crippen molar-refractivity contribution in [3.63, 3.8) is 0 Å². The zero-order valence-corrected chi connectivity index (χ0v) is 10.7. The Kier molecular flexibility index (Phi) is 4.06. The largest absolute Gasteiger partial charge is 0.481 e. The van der Waals surface area contributed by atoms with Crippen LogP contribution in [0.15, 0.2) is 21.3 Å². The third-order valence-corrected chi connectivity index (χ3v) is 3.04. The first-order valence-corrected chi connectivity index (χ1v) is 6.35. The van der Waals surface area contributed by atoms with Gasteiger partial charge in [-0.05, 0) is 18.5 Å². The van der Waals surface area contributed by atoms with Gasteiger partial charge in [-0.15, -0.1) is 0 Å². The summed E-state index contributed by atoms with van der Waals surface area (Å²) in [6.07, 6.45) is 0.103. The van der Waals surface area contributed by atoms with Crippen molar-refractivity contribution < 1.29 is 14.4 Å². The number of hydrogen-bond acceptors (Lipinski definition) is 6. The van der Waals surface area contributed by atoms with Crippen molar-refractivity contribution in [3.8, 4) is 11.5 Å². The van der Waals surface area contributed by atoms with Gasteiger partial charge in [0, 0.05) is 11.9 Å². The highest BCUT2D eigenvalue weighted by atomic mass is 32.1. The van der Waals surface area contributed by atoms with E-state index in [2.05, 4.69) is 10.1 Å². The molecule has 0 amide bonds. The monoisotopic (exact) mass is 267 g/mol. The summed E-state index contributed by atoms with van der Waals surface area (Å²) in [6.45, 7) is 0.929. The minimum atomic E-state index is -0.811. The van der Waals surface area contributed by atoms with Gasteiger partial charge in [-0.1, -0.05) is 5.16 Å². The van der Waals surface area contributed by atoms with E-state index in [9.17, 15) is 4.79 Å². The summed E-state index contributed by atoms with van der Waals surface area (Å²) in [5.74, 6) is 0.246. The summed E-state index contributed by atoms with van der Waals surface area (Å²) >= 11 is 1.57. The zero-order chi connectivity index (χ0) is 13.0. The van der Waals surface area contributed by atoms with Crippen molar-refractivity contribution in [1.29, 1.82) is 0 Å². The van der Waals surface area contributed by atoms with Crippen LogP contribution in [0.2, 0.25) is 0 Å². The van der Waals surface area contributed by atoms with E-state index in [1.165, 1.54) is 0 Å². The summed E-state index contributed by atoms with van der Waals surface area (Å²) in [5, 5.41) is 16.3. The predicted octanol–water partition coefficient (Wildman–Crippen LogP) is 1.70. The Bertz CT molecular complexity index is 509. The number of aliphatic carboxylic acids is 1. The molecule has 0 atom stereocenters. The molecule has 96 valence electrons. The maximum absolute atomic E-state index is 10.4. The van der Waals surface area contributed by atoms with Crippen LogP contribution >= 0.6 is 11.3 Å². The molecule has 0 spiro atoms. The lowest BCUT2D eigenvalue weighted by molar-refractivity contribution is -0.137. The summed E-state index contributed by atoms with van der Waals surface area (Å²) in [6, 6.07) is 1.91. The molecule has 0 unspecified atom stereocenters. The smallest absolute Gasteiger partial charge is 0.304 e. The lowest BCUT2D eigenvalue weighted by atomic mass is 10.3. The molecule has 18 heavy (non-hydrogen) atoms. The molecule has 7 heteroatoms.